The molecule has 1 aliphatic rings. The van der Waals surface area contributed by atoms with E-state index in [-0.39, 0.29) is 5.56 Å². The second-order valence-electron chi connectivity index (χ2n) is 4.67. The monoisotopic (exact) mass is 235 g/mol. The van der Waals surface area contributed by atoms with Gasteiger partial charge in [0.05, 0.1) is 0 Å². The summed E-state index contributed by atoms with van der Waals surface area (Å²) in [5.74, 6) is 1.03. The van der Waals surface area contributed by atoms with Crippen LogP contribution in [0.5, 0.6) is 0 Å². The normalized spacial score (nSPS) is 14.9. The molecule has 0 atom stereocenters. The number of anilines is 1. The van der Waals surface area contributed by atoms with Crippen LogP contribution < -0.4 is 16.6 Å². The molecule has 2 heterocycles. The van der Waals surface area contributed by atoms with Crippen molar-refractivity contribution in [2.45, 2.75) is 39.2 Å². The first-order chi connectivity index (χ1) is 8.24. The van der Waals surface area contributed by atoms with Gasteiger partial charge in [0.15, 0.2) is 0 Å². The van der Waals surface area contributed by atoms with Crippen molar-refractivity contribution in [2.75, 3.05) is 18.4 Å². The molecule has 2 rings (SSSR count). The fourth-order valence-electron chi connectivity index (χ4n) is 2.43. The number of fused-ring (bicyclic) bond motifs is 1. The summed E-state index contributed by atoms with van der Waals surface area (Å²) in [4.78, 5) is 12.0. The second-order valence-corrected chi connectivity index (χ2v) is 4.67. The van der Waals surface area contributed by atoms with E-state index in [0.29, 0.717) is 6.54 Å². The fraction of sp³-hybridized carbons (Fsp3) is 0.615. The van der Waals surface area contributed by atoms with Crippen LogP contribution in [0.2, 0.25) is 0 Å². The third-order valence-corrected chi connectivity index (χ3v) is 3.37. The molecule has 17 heavy (non-hydrogen) atoms. The molecule has 1 aromatic rings. The van der Waals surface area contributed by atoms with Gasteiger partial charge in [-0.1, -0.05) is 0 Å². The number of rotatable bonds is 3. The highest BCUT2D eigenvalue weighted by molar-refractivity contribution is 5.49. The quantitative estimate of drug-likeness (QED) is 0.829. The molecule has 1 aromatic heterocycles. The Hall–Kier alpha value is -1.29. The Morgan fingerprint density at radius 3 is 3.06 bits per heavy atom. The molecule has 0 bridgehead atoms. The summed E-state index contributed by atoms with van der Waals surface area (Å²) in [6, 6.07) is 1.75. The molecule has 4 heteroatoms. The molecular weight excluding hydrogens is 214 g/mol. The Labute approximate surface area is 102 Å². The van der Waals surface area contributed by atoms with E-state index in [4.69, 9.17) is 5.73 Å². The van der Waals surface area contributed by atoms with Crippen LogP contribution in [0.4, 0.5) is 5.82 Å². The number of nitrogens with two attached hydrogens (primary N) is 1. The average Bonchev–Trinajstić information content (AvgIpc) is 2.54. The minimum absolute atomic E-state index is 0.114. The highest BCUT2D eigenvalue weighted by Gasteiger charge is 2.14. The zero-order valence-electron chi connectivity index (χ0n) is 10.5. The van der Waals surface area contributed by atoms with Crippen molar-refractivity contribution in [3.8, 4) is 0 Å². The Morgan fingerprint density at radius 2 is 2.29 bits per heavy atom. The third-order valence-electron chi connectivity index (χ3n) is 3.37. The largest absolute Gasteiger partial charge is 0.371 e. The second kappa shape index (κ2) is 5.36. The lowest BCUT2D eigenvalue weighted by molar-refractivity contribution is 0.633. The molecule has 3 N–H and O–H groups in total. The Kier molecular flexibility index (Phi) is 3.84. The van der Waals surface area contributed by atoms with Crippen LogP contribution in [0.25, 0.3) is 0 Å². The summed E-state index contributed by atoms with van der Waals surface area (Å²) >= 11 is 0. The van der Waals surface area contributed by atoms with E-state index in [9.17, 15) is 4.79 Å². The first-order valence-corrected chi connectivity index (χ1v) is 6.41. The maximum atomic E-state index is 12.0. The molecule has 1 aliphatic heterocycles. The predicted octanol–water partition coefficient (Wildman–Crippen LogP) is 1.25. The summed E-state index contributed by atoms with van der Waals surface area (Å²) in [5.41, 5.74) is 8.04. The van der Waals surface area contributed by atoms with Gasteiger partial charge in [-0.2, -0.15) is 0 Å². The van der Waals surface area contributed by atoms with Crippen LogP contribution in [-0.2, 0) is 13.0 Å². The molecule has 0 amide bonds. The van der Waals surface area contributed by atoms with Gasteiger partial charge in [-0.3, -0.25) is 9.36 Å². The topological polar surface area (TPSA) is 60.0 Å². The number of pyridine rings is 1. The summed E-state index contributed by atoms with van der Waals surface area (Å²) in [6.07, 6.45) is 4.11. The molecular formula is C13H21N3O. The molecule has 0 spiro atoms. The van der Waals surface area contributed by atoms with Crippen LogP contribution in [0.3, 0.4) is 0 Å². The molecule has 0 unspecified atom stereocenters. The number of hydrogen-bond donors (Lipinski definition) is 2. The summed E-state index contributed by atoms with van der Waals surface area (Å²) in [5, 5.41) is 3.41. The van der Waals surface area contributed by atoms with Gasteiger partial charge in [-0.15, -0.1) is 0 Å². The van der Waals surface area contributed by atoms with Crippen LogP contribution in [0, 0.1) is 6.92 Å². The lowest BCUT2D eigenvalue weighted by Crippen LogP contribution is -2.24. The number of aromatic nitrogens is 1. The number of nitrogens with zero attached hydrogens (tertiary/aromatic N) is 1. The first kappa shape index (κ1) is 12.2. The minimum Gasteiger partial charge on any atom is -0.371 e. The lowest BCUT2D eigenvalue weighted by atomic mass is 10.0. The van der Waals surface area contributed by atoms with E-state index < -0.39 is 0 Å². The van der Waals surface area contributed by atoms with E-state index >= 15 is 0 Å². The summed E-state index contributed by atoms with van der Waals surface area (Å²) in [7, 11) is 0. The maximum Gasteiger partial charge on any atom is 0.252 e. The molecule has 94 valence electrons. The SMILES string of the molecule is Cc1cc(=O)n2c(c1CCCN)NCCCC2. The van der Waals surface area contributed by atoms with Crippen LogP contribution >= 0.6 is 0 Å². The summed E-state index contributed by atoms with van der Waals surface area (Å²) in [6.45, 7) is 4.49. The van der Waals surface area contributed by atoms with E-state index in [0.717, 1.165) is 50.2 Å². The van der Waals surface area contributed by atoms with Gasteiger partial charge in [0.1, 0.15) is 5.82 Å². The van der Waals surface area contributed by atoms with Gasteiger partial charge in [-0.05, 0) is 50.3 Å². The molecule has 4 nitrogen and oxygen atoms in total. The van der Waals surface area contributed by atoms with E-state index in [1.165, 1.54) is 5.56 Å². The number of aryl methyl sites for hydroxylation is 1. The van der Waals surface area contributed by atoms with Crippen LogP contribution in [0.15, 0.2) is 10.9 Å². The smallest absolute Gasteiger partial charge is 0.252 e. The van der Waals surface area contributed by atoms with E-state index in [2.05, 4.69) is 5.32 Å². The highest BCUT2D eigenvalue weighted by atomic mass is 16.1. The maximum absolute atomic E-state index is 12.0. The van der Waals surface area contributed by atoms with Crippen molar-refractivity contribution in [3.05, 3.63) is 27.5 Å². The van der Waals surface area contributed by atoms with Crippen molar-refractivity contribution < 1.29 is 0 Å². The minimum atomic E-state index is 0.114. The van der Waals surface area contributed by atoms with Crippen molar-refractivity contribution in [2.24, 2.45) is 5.73 Å². The molecule has 0 aliphatic carbocycles. The van der Waals surface area contributed by atoms with Crippen LogP contribution in [-0.4, -0.2) is 17.7 Å². The van der Waals surface area contributed by atoms with Crippen molar-refractivity contribution in [1.82, 2.24) is 4.57 Å². The fourth-order valence-corrected chi connectivity index (χ4v) is 2.43. The molecule has 0 fully saturated rings. The molecule has 0 aromatic carbocycles. The third kappa shape index (κ3) is 2.52. The Balaban J connectivity index is 2.46. The van der Waals surface area contributed by atoms with Crippen molar-refractivity contribution in [1.29, 1.82) is 0 Å². The standard InChI is InChI=1S/C13H21N3O/c1-10-9-12(17)16-8-3-2-7-15-13(16)11(10)5-4-6-14/h9,15H,2-8,14H2,1H3. The first-order valence-electron chi connectivity index (χ1n) is 6.41. The number of hydrogen-bond acceptors (Lipinski definition) is 3. The van der Waals surface area contributed by atoms with Crippen molar-refractivity contribution >= 4 is 5.82 Å². The molecule has 0 saturated carbocycles. The van der Waals surface area contributed by atoms with Crippen molar-refractivity contribution in [3.63, 3.8) is 0 Å². The van der Waals surface area contributed by atoms with Gasteiger partial charge < -0.3 is 11.1 Å². The number of nitrogens with one attached hydrogen (secondary N) is 1. The van der Waals surface area contributed by atoms with Gasteiger partial charge in [0.25, 0.3) is 5.56 Å². The Bertz CT molecular complexity index is 451. The van der Waals surface area contributed by atoms with Gasteiger partial charge in [-0.25, -0.2) is 0 Å². The molecule has 0 saturated heterocycles. The Morgan fingerprint density at radius 1 is 1.47 bits per heavy atom. The molecule has 0 radical (unpaired) electrons. The lowest BCUT2D eigenvalue weighted by Gasteiger charge is -2.17. The summed E-state index contributed by atoms with van der Waals surface area (Å²) < 4.78 is 1.88. The predicted molar refractivity (Wildman–Crippen MR) is 70.5 cm³/mol. The van der Waals surface area contributed by atoms with Gasteiger partial charge >= 0.3 is 0 Å². The average molecular weight is 235 g/mol. The van der Waals surface area contributed by atoms with E-state index in [1.807, 2.05) is 11.5 Å². The van der Waals surface area contributed by atoms with E-state index in [1.54, 1.807) is 6.07 Å². The van der Waals surface area contributed by atoms with Crippen LogP contribution in [0.1, 0.15) is 30.4 Å². The van der Waals surface area contributed by atoms with Gasteiger partial charge in [0.2, 0.25) is 0 Å². The zero-order valence-corrected chi connectivity index (χ0v) is 10.5. The zero-order chi connectivity index (χ0) is 12.3. The highest BCUT2D eigenvalue weighted by Crippen LogP contribution is 2.21. The van der Waals surface area contributed by atoms with Gasteiger partial charge in [0, 0.05) is 19.2 Å².